The monoisotopic (exact) mass is 512 g/mol. The van der Waals surface area contributed by atoms with E-state index >= 15 is 0 Å². The van der Waals surface area contributed by atoms with Crippen LogP contribution in [-0.4, -0.2) is 63.1 Å². The van der Waals surface area contributed by atoms with Crippen LogP contribution in [0, 0.1) is 17.5 Å². The molecule has 1 aromatic heterocycles. The van der Waals surface area contributed by atoms with Crippen LogP contribution in [0.2, 0.25) is 0 Å². The maximum absolute atomic E-state index is 13.6. The number of nitrogens with zero attached hydrogens (tertiary/aromatic N) is 5. The Hall–Kier alpha value is -3.90. The molecule has 2 aromatic carbocycles. The lowest BCUT2D eigenvalue weighted by molar-refractivity contribution is -0.116. The first-order chi connectivity index (χ1) is 17.8. The molecular formula is C25H23F3N6O3. The van der Waals surface area contributed by atoms with Crippen LogP contribution in [0.15, 0.2) is 48.7 Å². The first-order valence-corrected chi connectivity index (χ1v) is 11.8. The highest BCUT2D eigenvalue weighted by Crippen LogP contribution is 2.36. The first kappa shape index (κ1) is 23.5. The van der Waals surface area contributed by atoms with Gasteiger partial charge in [-0.15, -0.1) is 0 Å². The molecule has 4 heterocycles. The van der Waals surface area contributed by atoms with Crippen molar-refractivity contribution in [1.82, 2.24) is 19.6 Å². The molecule has 3 atom stereocenters. The zero-order chi connectivity index (χ0) is 25.8. The van der Waals surface area contributed by atoms with Crippen LogP contribution in [0.25, 0.3) is 0 Å². The molecule has 6 rings (SSSR count). The number of ether oxygens (including phenoxy) is 1. The van der Waals surface area contributed by atoms with E-state index in [-0.39, 0.29) is 36.8 Å². The van der Waals surface area contributed by atoms with Crippen molar-refractivity contribution in [2.24, 2.45) is 0 Å². The van der Waals surface area contributed by atoms with Crippen molar-refractivity contribution in [3.63, 3.8) is 0 Å². The highest BCUT2D eigenvalue weighted by molar-refractivity contribution is 6.04. The summed E-state index contributed by atoms with van der Waals surface area (Å²) in [5.74, 6) is -4.51. The van der Waals surface area contributed by atoms with Crippen LogP contribution < -0.4 is 10.2 Å². The van der Waals surface area contributed by atoms with Gasteiger partial charge in [0.2, 0.25) is 5.91 Å². The van der Waals surface area contributed by atoms with E-state index in [0.717, 1.165) is 17.8 Å². The molecular weight excluding hydrogens is 489 g/mol. The summed E-state index contributed by atoms with van der Waals surface area (Å²) in [6.45, 7) is 3.04. The van der Waals surface area contributed by atoms with Gasteiger partial charge in [-0.25, -0.2) is 13.2 Å². The van der Waals surface area contributed by atoms with Crippen molar-refractivity contribution in [3.8, 4) is 0 Å². The number of fused-ring (bicyclic) bond motifs is 1. The molecule has 0 saturated carbocycles. The minimum absolute atomic E-state index is 0.0178. The van der Waals surface area contributed by atoms with Crippen molar-refractivity contribution in [1.29, 1.82) is 0 Å². The van der Waals surface area contributed by atoms with Gasteiger partial charge < -0.3 is 15.0 Å². The Morgan fingerprint density at radius 1 is 1.11 bits per heavy atom. The number of nitrogens with one attached hydrogen (secondary N) is 1. The van der Waals surface area contributed by atoms with Crippen LogP contribution in [0.5, 0.6) is 0 Å². The molecule has 3 aliphatic rings. The predicted molar refractivity (Wildman–Crippen MR) is 126 cm³/mol. The number of halogens is 3. The molecule has 2 unspecified atom stereocenters. The van der Waals surface area contributed by atoms with Crippen LogP contribution >= 0.6 is 0 Å². The van der Waals surface area contributed by atoms with Gasteiger partial charge in [0.15, 0.2) is 29.9 Å². The number of aromatic nitrogens is 2. The highest BCUT2D eigenvalue weighted by atomic mass is 19.2. The van der Waals surface area contributed by atoms with E-state index < -0.39 is 29.9 Å². The van der Waals surface area contributed by atoms with Gasteiger partial charge in [-0.05, 0) is 19.1 Å². The van der Waals surface area contributed by atoms with Gasteiger partial charge in [-0.3, -0.25) is 24.1 Å². The molecule has 0 bridgehead atoms. The summed E-state index contributed by atoms with van der Waals surface area (Å²) in [5, 5.41) is 7.34. The third kappa shape index (κ3) is 4.21. The normalized spacial score (nSPS) is 23.4. The minimum Gasteiger partial charge on any atom is -0.357 e. The molecule has 2 saturated heterocycles. The molecule has 9 nitrogen and oxygen atoms in total. The second kappa shape index (κ2) is 8.89. The maximum atomic E-state index is 13.6. The Kier molecular flexibility index (Phi) is 5.64. The SMILES string of the molecule is C[C@H]1Cn2ncc(N3CN(C(=O)c4ccccc4)CC3=O)c2CN1C1OC1Nc1cc(F)c(F)c(F)c1. The third-order valence-corrected chi connectivity index (χ3v) is 6.89. The highest BCUT2D eigenvalue weighted by Gasteiger charge is 2.48. The van der Waals surface area contributed by atoms with E-state index in [0.29, 0.717) is 24.3 Å². The smallest absolute Gasteiger partial charge is 0.255 e. The van der Waals surface area contributed by atoms with Gasteiger partial charge in [0.05, 0.1) is 24.1 Å². The fourth-order valence-electron chi connectivity index (χ4n) is 4.89. The van der Waals surface area contributed by atoms with Crippen LogP contribution in [-0.2, 0) is 22.6 Å². The van der Waals surface area contributed by atoms with E-state index in [4.69, 9.17) is 4.74 Å². The topological polar surface area (TPSA) is 86.2 Å². The zero-order valence-corrected chi connectivity index (χ0v) is 19.8. The van der Waals surface area contributed by atoms with Crippen LogP contribution in [0.4, 0.5) is 24.5 Å². The molecule has 37 heavy (non-hydrogen) atoms. The largest absolute Gasteiger partial charge is 0.357 e. The average molecular weight is 512 g/mol. The number of epoxide rings is 1. The third-order valence-electron chi connectivity index (χ3n) is 6.89. The molecule has 3 aromatic rings. The maximum Gasteiger partial charge on any atom is 0.255 e. The summed E-state index contributed by atoms with van der Waals surface area (Å²) in [6.07, 6.45) is 0.693. The average Bonchev–Trinajstić information content (AvgIpc) is 3.34. The number of anilines is 2. The number of carbonyl (C=O) groups is 2. The lowest BCUT2D eigenvalue weighted by atomic mass is 10.1. The van der Waals surface area contributed by atoms with Gasteiger partial charge in [0.25, 0.3) is 5.91 Å². The molecule has 192 valence electrons. The first-order valence-electron chi connectivity index (χ1n) is 11.8. The molecule has 0 aliphatic carbocycles. The number of hydrogen-bond acceptors (Lipinski definition) is 6. The lowest BCUT2D eigenvalue weighted by Gasteiger charge is -2.33. The van der Waals surface area contributed by atoms with Crippen molar-refractivity contribution in [2.75, 3.05) is 23.4 Å². The number of benzene rings is 2. The van der Waals surface area contributed by atoms with Crippen molar-refractivity contribution >= 4 is 23.2 Å². The predicted octanol–water partition coefficient (Wildman–Crippen LogP) is 2.75. The van der Waals surface area contributed by atoms with E-state index in [1.807, 2.05) is 17.7 Å². The number of hydrogen-bond donors (Lipinski definition) is 1. The Morgan fingerprint density at radius 2 is 1.84 bits per heavy atom. The number of carbonyl (C=O) groups excluding carboxylic acids is 2. The van der Waals surface area contributed by atoms with Crippen LogP contribution in [0.1, 0.15) is 23.0 Å². The van der Waals surface area contributed by atoms with Crippen molar-refractivity contribution in [2.45, 2.75) is 38.5 Å². The van der Waals surface area contributed by atoms with E-state index in [9.17, 15) is 22.8 Å². The van der Waals surface area contributed by atoms with Gasteiger partial charge >= 0.3 is 0 Å². The lowest BCUT2D eigenvalue weighted by Crippen LogP contribution is -2.44. The molecule has 0 radical (unpaired) electrons. The molecule has 2 fully saturated rings. The summed E-state index contributed by atoms with van der Waals surface area (Å²) in [6, 6.07) is 10.6. The summed E-state index contributed by atoms with van der Waals surface area (Å²) in [5.41, 5.74) is 2.01. The molecule has 2 amide bonds. The Morgan fingerprint density at radius 3 is 2.57 bits per heavy atom. The number of amides is 2. The summed E-state index contributed by atoms with van der Waals surface area (Å²) in [4.78, 5) is 30.9. The van der Waals surface area contributed by atoms with Gasteiger partial charge in [-0.2, -0.15) is 5.10 Å². The quantitative estimate of drug-likeness (QED) is 0.418. The Labute approximate surface area is 210 Å². The van der Waals surface area contributed by atoms with Crippen LogP contribution in [0.3, 0.4) is 0 Å². The Balaban J connectivity index is 1.16. The molecule has 12 heteroatoms. The molecule has 0 spiro atoms. The summed E-state index contributed by atoms with van der Waals surface area (Å²) < 4.78 is 48.0. The van der Waals surface area contributed by atoms with Crippen molar-refractivity contribution in [3.05, 3.63) is 77.4 Å². The van der Waals surface area contributed by atoms with E-state index in [1.165, 1.54) is 4.90 Å². The van der Waals surface area contributed by atoms with Crippen molar-refractivity contribution < 1.29 is 27.5 Å². The van der Waals surface area contributed by atoms with E-state index in [2.05, 4.69) is 15.3 Å². The summed E-state index contributed by atoms with van der Waals surface area (Å²) >= 11 is 0. The standard InChI is InChI=1S/C25H23F3N6O3/c1-14-10-34-20(11-32(14)25-23(37-25)30-16-7-17(26)22(28)18(27)8-16)19(9-29-34)33-13-31(12-21(33)35)24(36)15-5-3-2-4-6-15/h2-9,14,23,25,30H,10-13H2,1H3/t14-,23?,25?/m0/s1. The van der Waals surface area contributed by atoms with Gasteiger partial charge in [0, 0.05) is 36.0 Å². The molecule has 1 N–H and O–H groups in total. The molecule has 3 aliphatic heterocycles. The van der Waals surface area contributed by atoms with Gasteiger partial charge in [-0.1, -0.05) is 18.2 Å². The van der Waals surface area contributed by atoms with Gasteiger partial charge in [0.1, 0.15) is 13.2 Å². The number of rotatable bonds is 5. The zero-order valence-electron chi connectivity index (χ0n) is 19.8. The van der Waals surface area contributed by atoms with E-state index in [1.54, 1.807) is 35.4 Å². The second-order valence-corrected chi connectivity index (χ2v) is 9.36. The second-order valence-electron chi connectivity index (χ2n) is 9.36. The minimum atomic E-state index is -1.52. The fourth-order valence-corrected chi connectivity index (χ4v) is 4.89. The Bertz CT molecular complexity index is 1360. The summed E-state index contributed by atoms with van der Waals surface area (Å²) in [7, 11) is 0. The fraction of sp³-hybridized carbons (Fsp3) is 0.320.